The van der Waals surface area contributed by atoms with Crippen LogP contribution in [-0.2, 0) is 22.7 Å². The molecule has 0 spiro atoms. The Morgan fingerprint density at radius 1 is 1.23 bits per heavy atom. The summed E-state index contributed by atoms with van der Waals surface area (Å²) in [6.07, 6.45) is 8.63. The molecule has 2 aromatic rings. The fourth-order valence-corrected chi connectivity index (χ4v) is 6.15. The summed E-state index contributed by atoms with van der Waals surface area (Å²) in [6.45, 7) is 3.75. The third kappa shape index (κ3) is 3.85. The summed E-state index contributed by atoms with van der Waals surface area (Å²) in [4.78, 5) is 35.0. The third-order valence-corrected chi connectivity index (χ3v) is 7.43. The second-order valence-corrected chi connectivity index (χ2v) is 9.55. The molecule has 3 aliphatic rings. The second-order valence-electron chi connectivity index (χ2n) is 8.57. The van der Waals surface area contributed by atoms with Gasteiger partial charge < -0.3 is 14.8 Å². The first-order valence-electron chi connectivity index (χ1n) is 10.7. The maximum atomic E-state index is 13.3. The number of piperidine rings is 3. The van der Waals surface area contributed by atoms with Crippen molar-refractivity contribution < 1.29 is 9.59 Å². The van der Waals surface area contributed by atoms with Gasteiger partial charge in [-0.25, -0.2) is 4.98 Å². The normalized spacial score (nSPS) is 28.9. The van der Waals surface area contributed by atoms with E-state index in [1.807, 2.05) is 21.0 Å². The van der Waals surface area contributed by atoms with Crippen LogP contribution in [0.5, 0.6) is 0 Å². The molecular weight excluding hydrogens is 402 g/mol. The first-order valence-corrected chi connectivity index (χ1v) is 11.6. The number of likely N-dealkylation sites (tertiary alicyclic amines) is 1. The Bertz CT molecular complexity index is 872. The van der Waals surface area contributed by atoms with E-state index in [0.29, 0.717) is 25.4 Å². The van der Waals surface area contributed by atoms with Gasteiger partial charge in [0.15, 0.2) is 0 Å². The number of fused-ring (bicyclic) bond motifs is 4. The highest BCUT2D eigenvalue weighted by Crippen LogP contribution is 2.42. The van der Waals surface area contributed by atoms with Gasteiger partial charge in [0.25, 0.3) is 0 Å². The molecule has 1 N–H and O–H groups in total. The van der Waals surface area contributed by atoms with Crippen molar-refractivity contribution in [1.29, 1.82) is 0 Å². The maximum absolute atomic E-state index is 13.3. The number of carbonyl (C=O) groups is 2. The molecule has 0 aliphatic carbocycles. The van der Waals surface area contributed by atoms with Crippen LogP contribution in [0, 0.1) is 11.8 Å². The van der Waals surface area contributed by atoms with Crippen LogP contribution in [0.25, 0.3) is 0 Å². The van der Waals surface area contributed by atoms with Gasteiger partial charge in [-0.3, -0.25) is 14.5 Å². The van der Waals surface area contributed by atoms with Gasteiger partial charge in [0, 0.05) is 56.1 Å². The number of carbonyl (C=O) groups excluding carboxylic acids is 2. The van der Waals surface area contributed by atoms with E-state index >= 15 is 0 Å². The molecule has 2 aromatic heterocycles. The van der Waals surface area contributed by atoms with Crippen molar-refractivity contribution in [3.8, 4) is 0 Å². The van der Waals surface area contributed by atoms with Gasteiger partial charge in [-0.2, -0.15) is 0 Å². The van der Waals surface area contributed by atoms with Crippen LogP contribution in [-0.4, -0.2) is 73.1 Å². The Morgan fingerprint density at radius 3 is 2.87 bits per heavy atom. The highest BCUT2D eigenvalue weighted by molar-refractivity contribution is 7.09. The smallest absolute Gasteiger partial charge is 0.243 e. The molecule has 30 heavy (non-hydrogen) atoms. The fraction of sp³-hybridized carbons (Fsp3) is 0.650. The predicted octanol–water partition coefficient (Wildman–Crippen LogP) is 0.752. The number of amides is 2. The number of hydrogen-bond donors (Lipinski definition) is 1. The molecule has 5 heterocycles. The molecule has 0 aromatic carbocycles. The zero-order valence-corrected chi connectivity index (χ0v) is 17.7. The Hall–Kier alpha value is -2.33. The molecule has 3 aliphatic heterocycles. The van der Waals surface area contributed by atoms with Gasteiger partial charge in [0.05, 0.1) is 6.54 Å². The van der Waals surface area contributed by atoms with Crippen molar-refractivity contribution in [1.82, 2.24) is 34.9 Å². The number of nitrogens with zero attached hydrogens (tertiary/aromatic N) is 6. The number of hydrogen-bond acceptors (Lipinski definition) is 7. The predicted molar refractivity (Wildman–Crippen MR) is 110 cm³/mol. The minimum Gasteiger partial charge on any atom is -0.353 e. The van der Waals surface area contributed by atoms with E-state index in [-0.39, 0.29) is 29.8 Å². The number of thiazole rings is 1. The quantitative estimate of drug-likeness (QED) is 0.728. The first-order chi connectivity index (χ1) is 14.7. The van der Waals surface area contributed by atoms with Gasteiger partial charge in [-0.15, -0.1) is 21.5 Å². The highest BCUT2D eigenvalue weighted by Gasteiger charge is 2.51. The molecule has 0 unspecified atom stereocenters. The van der Waals surface area contributed by atoms with Crippen LogP contribution in [0.3, 0.4) is 0 Å². The van der Waals surface area contributed by atoms with Crippen molar-refractivity contribution in [3.63, 3.8) is 0 Å². The zero-order chi connectivity index (χ0) is 20.5. The van der Waals surface area contributed by atoms with Crippen LogP contribution >= 0.6 is 11.3 Å². The Balaban J connectivity index is 1.32. The molecule has 2 amide bonds. The summed E-state index contributed by atoms with van der Waals surface area (Å²) in [5.41, 5.74) is 0. The van der Waals surface area contributed by atoms with Crippen molar-refractivity contribution in [2.24, 2.45) is 11.8 Å². The zero-order valence-electron chi connectivity index (χ0n) is 16.9. The second kappa shape index (κ2) is 8.43. The van der Waals surface area contributed by atoms with Gasteiger partial charge >= 0.3 is 0 Å². The number of aromatic nitrogens is 4. The van der Waals surface area contributed by atoms with Gasteiger partial charge in [-0.05, 0) is 25.2 Å². The summed E-state index contributed by atoms with van der Waals surface area (Å²) in [6, 6.07) is -0.200. The lowest BCUT2D eigenvalue weighted by molar-refractivity contribution is -0.160. The molecule has 2 bridgehead atoms. The van der Waals surface area contributed by atoms with Crippen LogP contribution in [0.2, 0.25) is 0 Å². The van der Waals surface area contributed by atoms with Gasteiger partial charge in [0.1, 0.15) is 23.7 Å². The molecule has 9 nitrogen and oxygen atoms in total. The van der Waals surface area contributed by atoms with Crippen LogP contribution in [0.1, 0.15) is 30.7 Å². The molecule has 10 heteroatoms. The third-order valence-electron chi connectivity index (χ3n) is 6.66. The molecule has 4 atom stereocenters. The SMILES string of the molecule is O=C(NCCn1cnnc1)[C@H]1[C@H]2C[C@H](CN(Cc3nccs3)C2)[C@@H]2CCCC(=O)N21. The maximum Gasteiger partial charge on any atom is 0.243 e. The molecular formula is C20H27N7O2S. The minimum absolute atomic E-state index is 0.0251. The first kappa shape index (κ1) is 19.6. The van der Waals surface area contributed by atoms with E-state index in [4.69, 9.17) is 0 Å². The van der Waals surface area contributed by atoms with Crippen LogP contribution in [0.4, 0.5) is 0 Å². The Labute approximate surface area is 179 Å². The summed E-state index contributed by atoms with van der Waals surface area (Å²) in [5, 5.41) is 13.8. The van der Waals surface area contributed by atoms with E-state index in [0.717, 1.165) is 43.9 Å². The van der Waals surface area contributed by atoms with E-state index in [1.54, 1.807) is 24.0 Å². The monoisotopic (exact) mass is 429 g/mol. The van der Waals surface area contributed by atoms with Gasteiger partial charge in [-0.1, -0.05) is 0 Å². The highest BCUT2D eigenvalue weighted by atomic mass is 32.1. The van der Waals surface area contributed by atoms with Crippen molar-refractivity contribution in [3.05, 3.63) is 29.2 Å². The lowest BCUT2D eigenvalue weighted by Gasteiger charge is -2.55. The Morgan fingerprint density at radius 2 is 2.07 bits per heavy atom. The van der Waals surface area contributed by atoms with Crippen molar-refractivity contribution in [2.75, 3.05) is 19.6 Å². The van der Waals surface area contributed by atoms with Gasteiger partial charge in [0.2, 0.25) is 11.8 Å². The van der Waals surface area contributed by atoms with E-state index in [2.05, 4.69) is 25.4 Å². The summed E-state index contributed by atoms with van der Waals surface area (Å²) in [7, 11) is 0. The van der Waals surface area contributed by atoms with Crippen molar-refractivity contribution >= 4 is 23.2 Å². The molecule has 0 saturated carbocycles. The van der Waals surface area contributed by atoms with Crippen LogP contribution in [0.15, 0.2) is 24.2 Å². The molecule has 3 fully saturated rings. The topological polar surface area (TPSA) is 96.2 Å². The summed E-state index contributed by atoms with van der Waals surface area (Å²) >= 11 is 1.68. The molecule has 3 saturated heterocycles. The average Bonchev–Trinajstić information content (AvgIpc) is 3.43. The fourth-order valence-electron chi connectivity index (χ4n) is 5.49. The van der Waals surface area contributed by atoms with Crippen molar-refractivity contribution in [2.45, 2.75) is 50.9 Å². The molecule has 0 radical (unpaired) electrons. The average molecular weight is 430 g/mol. The standard InChI is InChI=1S/C20H27N7O2S/c28-18-3-1-2-16-14-8-15(10-26(9-14)11-17-21-5-7-30-17)19(27(16)18)20(29)22-4-6-25-12-23-24-13-25/h5,7,12-16,19H,1-4,6,8-11H2,(H,22,29)/t14-,15+,16+,19-/m1/s1. The number of rotatable bonds is 6. The molecule has 5 rings (SSSR count). The van der Waals surface area contributed by atoms with E-state index < -0.39 is 0 Å². The van der Waals surface area contributed by atoms with E-state index in [9.17, 15) is 9.59 Å². The summed E-state index contributed by atoms with van der Waals surface area (Å²) in [5.74, 6) is 0.724. The van der Waals surface area contributed by atoms with Crippen LogP contribution < -0.4 is 5.32 Å². The molecule has 160 valence electrons. The Kier molecular flexibility index (Phi) is 5.51. The van der Waals surface area contributed by atoms with E-state index in [1.165, 1.54) is 0 Å². The number of nitrogens with one attached hydrogen (secondary N) is 1. The summed E-state index contributed by atoms with van der Waals surface area (Å²) < 4.78 is 1.84. The minimum atomic E-state index is -0.376. The lowest BCUT2D eigenvalue weighted by Crippen LogP contribution is -2.68. The largest absolute Gasteiger partial charge is 0.353 e. The lowest BCUT2D eigenvalue weighted by atomic mass is 9.71.